The standard InChI is InChI=1S/C9H16N2O2.C2H4O2/c1-13-8(12)9(2-3-9)11-6-4-10-5-7-11;1-4-2-3/h10H,2-7H2,1H3;2H,1H3. The Morgan fingerprint density at radius 1 is 1.29 bits per heavy atom. The minimum atomic E-state index is -0.239. The van der Waals surface area contributed by atoms with Gasteiger partial charge in [0.05, 0.1) is 14.2 Å². The zero-order valence-electron chi connectivity index (χ0n) is 10.4. The van der Waals surface area contributed by atoms with Gasteiger partial charge in [-0.25, -0.2) is 0 Å². The molecule has 0 radical (unpaired) electrons. The van der Waals surface area contributed by atoms with Crippen LogP contribution in [-0.4, -0.2) is 63.3 Å². The molecular formula is C11H20N2O4. The third kappa shape index (κ3) is 3.41. The Morgan fingerprint density at radius 3 is 2.18 bits per heavy atom. The van der Waals surface area contributed by atoms with Gasteiger partial charge in [-0.15, -0.1) is 0 Å². The Labute approximate surface area is 101 Å². The van der Waals surface area contributed by atoms with E-state index in [0.29, 0.717) is 6.47 Å². The maximum Gasteiger partial charge on any atom is 0.326 e. The Bertz CT molecular complexity index is 260. The smallest absolute Gasteiger partial charge is 0.326 e. The zero-order chi connectivity index (χ0) is 12.7. The molecule has 1 N–H and O–H groups in total. The van der Waals surface area contributed by atoms with Crippen molar-refractivity contribution in [3.63, 3.8) is 0 Å². The first-order valence-electron chi connectivity index (χ1n) is 5.72. The van der Waals surface area contributed by atoms with E-state index in [4.69, 9.17) is 9.53 Å². The SMILES string of the molecule is COC(=O)C1(N2CCNCC2)CC1.COC=O. The van der Waals surface area contributed by atoms with E-state index in [-0.39, 0.29) is 11.5 Å². The van der Waals surface area contributed by atoms with Gasteiger partial charge in [-0.1, -0.05) is 0 Å². The second kappa shape index (κ2) is 6.56. The first kappa shape index (κ1) is 13.9. The highest BCUT2D eigenvalue weighted by molar-refractivity contribution is 5.84. The molecular weight excluding hydrogens is 224 g/mol. The van der Waals surface area contributed by atoms with E-state index in [1.807, 2.05) is 0 Å². The van der Waals surface area contributed by atoms with Crippen molar-refractivity contribution in [1.29, 1.82) is 0 Å². The summed E-state index contributed by atoms with van der Waals surface area (Å²) in [5, 5.41) is 3.28. The average molecular weight is 244 g/mol. The maximum atomic E-state index is 11.5. The van der Waals surface area contributed by atoms with Gasteiger partial charge in [-0.2, -0.15) is 0 Å². The van der Waals surface area contributed by atoms with Crippen LogP contribution in [0.1, 0.15) is 12.8 Å². The molecule has 0 atom stereocenters. The number of methoxy groups -OCH3 is 2. The number of esters is 1. The number of nitrogens with one attached hydrogen (secondary N) is 1. The molecule has 1 saturated carbocycles. The molecule has 0 aromatic carbocycles. The van der Waals surface area contributed by atoms with Crippen LogP contribution in [0.15, 0.2) is 0 Å². The minimum Gasteiger partial charge on any atom is -0.471 e. The number of piperazine rings is 1. The Morgan fingerprint density at radius 2 is 1.82 bits per heavy atom. The molecule has 2 rings (SSSR count). The van der Waals surface area contributed by atoms with Crippen LogP contribution >= 0.6 is 0 Å². The summed E-state index contributed by atoms with van der Waals surface area (Å²) in [6.45, 7) is 4.28. The van der Waals surface area contributed by atoms with Crippen LogP contribution in [0.25, 0.3) is 0 Å². The monoisotopic (exact) mass is 244 g/mol. The number of carbonyl (C=O) groups excluding carboxylic acids is 2. The van der Waals surface area contributed by atoms with Gasteiger partial charge in [0.25, 0.3) is 6.47 Å². The van der Waals surface area contributed by atoms with Crippen molar-refractivity contribution in [2.24, 2.45) is 0 Å². The molecule has 6 nitrogen and oxygen atoms in total. The molecule has 0 spiro atoms. The lowest BCUT2D eigenvalue weighted by molar-refractivity contribution is -0.149. The van der Waals surface area contributed by atoms with Crippen molar-refractivity contribution in [2.45, 2.75) is 18.4 Å². The van der Waals surface area contributed by atoms with Crippen molar-refractivity contribution in [2.75, 3.05) is 40.4 Å². The van der Waals surface area contributed by atoms with E-state index in [1.165, 1.54) is 14.2 Å². The summed E-state index contributed by atoms with van der Waals surface area (Å²) in [7, 11) is 2.79. The lowest BCUT2D eigenvalue weighted by atomic mass is 10.2. The fourth-order valence-corrected chi connectivity index (χ4v) is 2.05. The predicted molar refractivity (Wildman–Crippen MR) is 61.5 cm³/mol. The van der Waals surface area contributed by atoms with Gasteiger partial charge in [0.2, 0.25) is 0 Å². The van der Waals surface area contributed by atoms with E-state index in [9.17, 15) is 4.79 Å². The largest absolute Gasteiger partial charge is 0.471 e. The molecule has 0 bridgehead atoms. The molecule has 0 amide bonds. The van der Waals surface area contributed by atoms with Crippen molar-refractivity contribution < 1.29 is 19.1 Å². The van der Waals surface area contributed by atoms with Gasteiger partial charge in [0.15, 0.2) is 0 Å². The molecule has 98 valence electrons. The summed E-state index contributed by atoms with van der Waals surface area (Å²) in [6.07, 6.45) is 1.94. The van der Waals surface area contributed by atoms with E-state index in [0.717, 1.165) is 39.0 Å². The number of nitrogens with zero attached hydrogens (tertiary/aromatic N) is 1. The van der Waals surface area contributed by atoms with Crippen LogP contribution < -0.4 is 5.32 Å². The molecule has 0 unspecified atom stereocenters. The topological polar surface area (TPSA) is 67.9 Å². The van der Waals surface area contributed by atoms with E-state index in [1.54, 1.807) is 0 Å². The second-order valence-corrected chi connectivity index (χ2v) is 4.09. The fraction of sp³-hybridized carbons (Fsp3) is 0.818. The van der Waals surface area contributed by atoms with E-state index < -0.39 is 0 Å². The van der Waals surface area contributed by atoms with Gasteiger partial charge in [-0.05, 0) is 12.8 Å². The highest BCUT2D eigenvalue weighted by Crippen LogP contribution is 2.42. The molecule has 0 aromatic heterocycles. The van der Waals surface area contributed by atoms with E-state index >= 15 is 0 Å². The van der Waals surface area contributed by atoms with Crippen LogP contribution in [0.2, 0.25) is 0 Å². The molecule has 1 aliphatic heterocycles. The normalized spacial score (nSPS) is 21.8. The summed E-state index contributed by atoms with van der Waals surface area (Å²) >= 11 is 0. The van der Waals surface area contributed by atoms with Crippen LogP contribution in [0.5, 0.6) is 0 Å². The maximum absolute atomic E-state index is 11.5. The third-order valence-electron chi connectivity index (χ3n) is 3.11. The zero-order valence-corrected chi connectivity index (χ0v) is 10.4. The first-order valence-corrected chi connectivity index (χ1v) is 5.72. The third-order valence-corrected chi connectivity index (χ3v) is 3.11. The summed E-state index contributed by atoms with van der Waals surface area (Å²) in [4.78, 5) is 22.7. The van der Waals surface area contributed by atoms with Crippen LogP contribution in [-0.2, 0) is 19.1 Å². The van der Waals surface area contributed by atoms with Crippen LogP contribution in [0.3, 0.4) is 0 Å². The lowest BCUT2D eigenvalue weighted by Gasteiger charge is -2.33. The van der Waals surface area contributed by atoms with Crippen molar-refractivity contribution >= 4 is 12.4 Å². The number of hydrogen-bond donors (Lipinski definition) is 1. The van der Waals surface area contributed by atoms with E-state index in [2.05, 4.69) is 15.0 Å². The molecule has 2 fully saturated rings. The Kier molecular flexibility index (Phi) is 5.37. The van der Waals surface area contributed by atoms with Gasteiger partial charge < -0.3 is 14.8 Å². The first-order chi connectivity index (χ1) is 8.21. The summed E-state index contributed by atoms with van der Waals surface area (Å²) in [5.41, 5.74) is -0.239. The molecule has 1 heterocycles. The Hall–Kier alpha value is -1.14. The quantitative estimate of drug-likeness (QED) is 0.527. The van der Waals surface area contributed by atoms with Crippen LogP contribution in [0.4, 0.5) is 0 Å². The average Bonchev–Trinajstić information content (AvgIpc) is 3.21. The molecule has 17 heavy (non-hydrogen) atoms. The van der Waals surface area contributed by atoms with Gasteiger partial charge in [-0.3, -0.25) is 14.5 Å². The fourth-order valence-electron chi connectivity index (χ4n) is 2.05. The summed E-state index contributed by atoms with van der Waals surface area (Å²) in [5.74, 6) is -0.0469. The number of carbonyl (C=O) groups is 2. The van der Waals surface area contributed by atoms with Crippen molar-refractivity contribution in [1.82, 2.24) is 10.2 Å². The highest BCUT2D eigenvalue weighted by atomic mass is 16.5. The number of rotatable bonds is 3. The number of hydrogen-bond acceptors (Lipinski definition) is 6. The van der Waals surface area contributed by atoms with Crippen LogP contribution in [0, 0.1) is 0 Å². The molecule has 6 heteroatoms. The highest BCUT2D eigenvalue weighted by Gasteiger charge is 2.55. The predicted octanol–water partition coefficient (Wildman–Crippen LogP) is -0.614. The molecule has 1 aliphatic carbocycles. The minimum absolute atomic E-state index is 0.0469. The lowest BCUT2D eigenvalue weighted by Crippen LogP contribution is -2.53. The summed E-state index contributed by atoms with van der Waals surface area (Å²) < 4.78 is 8.69. The van der Waals surface area contributed by atoms with Crippen molar-refractivity contribution in [3.8, 4) is 0 Å². The summed E-state index contributed by atoms with van der Waals surface area (Å²) in [6, 6.07) is 0. The molecule has 0 aromatic rings. The Balaban J connectivity index is 0.000000317. The molecule has 2 aliphatic rings. The molecule has 1 saturated heterocycles. The van der Waals surface area contributed by atoms with Crippen molar-refractivity contribution in [3.05, 3.63) is 0 Å². The van der Waals surface area contributed by atoms with Gasteiger partial charge in [0.1, 0.15) is 5.54 Å². The number of ether oxygens (including phenoxy) is 2. The van der Waals surface area contributed by atoms with Gasteiger partial charge in [0, 0.05) is 26.2 Å². The van der Waals surface area contributed by atoms with Gasteiger partial charge >= 0.3 is 5.97 Å². The second-order valence-electron chi connectivity index (χ2n) is 4.09.